The average Bonchev–Trinajstić information content (AvgIpc) is 2.51. The number of fused-ring (bicyclic) bond motifs is 1. The Bertz CT molecular complexity index is 788. The summed E-state index contributed by atoms with van der Waals surface area (Å²) < 4.78 is 5.86. The van der Waals surface area contributed by atoms with Crippen molar-refractivity contribution in [3.8, 4) is 11.8 Å². The molecule has 0 aliphatic carbocycles. The lowest BCUT2D eigenvalue weighted by Crippen LogP contribution is -2.50. The van der Waals surface area contributed by atoms with Crippen molar-refractivity contribution >= 4 is 17.4 Å². The second-order valence-electron chi connectivity index (χ2n) is 5.86. The molecule has 2 heterocycles. The summed E-state index contributed by atoms with van der Waals surface area (Å²) in [6.45, 7) is 3.61. The normalized spacial score (nSPS) is 21.7. The first-order valence-corrected chi connectivity index (χ1v) is 7.44. The summed E-state index contributed by atoms with van der Waals surface area (Å²) in [5, 5.41) is 23.3. The van der Waals surface area contributed by atoms with Gasteiger partial charge in [-0.25, -0.2) is 9.97 Å². The van der Waals surface area contributed by atoms with E-state index >= 15 is 0 Å². The zero-order valence-corrected chi connectivity index (χ0v) is 13.4. The molecule has 2 atom stereocenters. The van der Waals surface area contributed by atoms with E-state index in [1.54, 1.807) is 38.1 Å². The standard InChI is InChI=1S/C16H15ClN4O2/c1-16(2)15(22)14(21-13-6-12(17)19-8-20-13)10-5-9(7-18)3-4-11(10)23-16/h3-6,8,14-15,22H,1-2H3,(H,19,20,21). The van der Waals surface area contributed by atoms with Gasteiger partial charge in [-0.1, -0.05) is 11.6 Å². The van der Waals surface area contributed by atoms with Crippen molar-refractivity contribution in [3.05, 3.63) is 46.9 Å². The molecule has 6 nitrogen and oxygen atoms in total. The van der Waals surface area contributed by atoms with Gasteiger partial charge in [-0.05, 0) is 32.0 Å². The van der Waals surface area contributed by atoms with E-state index in [-0.39, 0.29) is 0 Å². The summed E-state index contributed by atoms with van der Waals surface area (Å²) in [4.78, 5) is 7.94. The number of hydrogen-bond donors (Lipinski definition) is 2. The van der Waals surface area contributed by atoms with Gasteiger partial charge in [0.25, 0.3) is 0 Å². The Labute approximate surface area is 138 Å². The van der Waals surface area contributed by atoms with Crippen LogP contribution in [0.3, 0.4) is 0 Å². The van der Waals surface area contributed by atoms with Crippen molar-refractivity contribution < 1.29 is 9.84 Å². The SMILES string of the molecule is CC1(C)Oc2ccc(C#N)cc2C(Nc2cc(Cl)ncn2)C1O. The summed E-state index contributed by atoms with van der Waals surface area (Å²) >= 11 is 5.88. The quantitative estimate of drug-likeness (QED) is 0.823. The number of aliphatic hydroxyl groups excluding tert-OH is 1. The Balaban J connectivity index is 2.05. The Morgan fingerprint density at radius 3 is 2.83 bits per heavy atom. The lowest BCUT2D eigenvalue weighted by Gasteiger charge is -2.42. The van der Waals surface area contributed by atoms with E-state index in [0.717, 1.165) is 0 Å². The molecular formula is C16H15ClN4O2. The van der Waals surface area contributed by atoms with Crippen LogP contribution in [0.1, 0.15) is 31.0 Å². The number of anilines is 1. The third-order valence-electron chi connectivity index (χ3n) is 3.81. The molecule has 0 spiro atoms. The molecule has 7 heteroatoms. The molecule has 1 aromatic heterocycles. The maximum Gasteiger partial charge on any atom is 0.134 e. The van der Waals surface area contributed by atoms with Crippen molar-refractivity contribution in [1.29, 1.82) is 5.26 Å². The van der Waals surface area contributed by atoms with E-state index in [2.05, 4.69) is 21.4 Å². The van der Waals surface area contributed by atoms with Crippen molar-refractivity contribution in [2.75, 3.05) is 5.32 Å². The molecule has 2 N–H and O–H groups in total. The predicted octanol–water partition coefficient (Wildman–Crippen LogP) is 2.69. The van der Waals surface area contributed by atoms with Crippen LogP contribution < -0.4 is 10.1 Å². The summed E-state index contributed by atoms with van der Waals surface area (Å²) in [6.07, 6.45) is 0.492. The number of halogens is 1. The number of hydrogen-bond acceptors (Lipinski definition) is 6. The Hall–Kier alpha value is -2.36. The first kappa shape index (κ1) is 15.5. The number of nitrogens with zero attached hydrogens (tertiary/aromatic N) is 3. The second kappa shape index (κ2) is 5.69. The van der Waals surface area contributed by atoms with Crippen molar-refractivity contribution in [2.45, 2.75) is 31.6 Å². The monoisotopic (exact) mass is 330 g/mol. The van der Waals surface area contributed by atoms with E-state index < -0.39 is 17.7 Å². The van der Waals surface area contributed by atoms with Gasteiger partial charge in [-0.2, -0.15) is 5.26 Å². The molecule has 0 amide bonds. The van der Waals surface area contributed by atoms with E-state index in [0.29, 0.717) is 27.8 Å². The van der Waals surface area contributed by atoms with Gasteiger partial charge < -0.3 is 15.2 Å². The highest BCUT2D eigenvalue weighted by molar-refractivity contribution is 6.29. The lowest BCUT2D eigenvalue weighted by molar-refractivity contribution is -0.0533. The smallest absolute Gasteiger partial charge is 0.134 e. The van der Waals surface area contributed by atoms with Crippen LogP contribution in [0, 0.1) is 11.3 Å². The molecule has 3 rings (SSSR count). The molecule has 118 valence electrons. The van der Waals surface area contributed by atoms with Crippen molar-refractivity contribution in [3.63, 3.8) is 0 Å². The first-order chi connectivity index (χ1) is 10.9. The zero-order valence-electron chi connectivity index (χ0n) is 12.6. The number of rotatable bonds is 2. The van der Waals surface area contributed by atoms with Crippen LogP contribution in [0.25, 0.3) is 0 Å². The largest absolute Gasteiger partial charge is 0.485 e. The Morgan fingerprint density at radius 2 is 2.13 bits per heavy atom. The molecule has 2 aromatic rings. The fourth-order valence-corrected chi connectivity index (χ4v) is 2.74. The van der Waals surface area contributed by atoms with Gasteiger partial charge in [-0.15, -0.1) is 0 Å². The van der Waals surface area contributed by atoms with E-state index in [1.165, 1.54) is 6.33 Å². The van der Waals surface area contributed by atoms with Gasteiger partial charge in [0.15, 0.2) is 0 Å². The number of benzene rings is 1. The topological polar surface area (TPSA) is 91.1 Å². The molecule has 0 radical (unpaired) electrons. The minimum Gasteiger partial charge on any atom is -0.485 e. The molecule has 1 aliphatic heterocycles. The highest BCUT2D eigenvalue weighted by atomic mass is 35.5. The number of ether oxygens (including phenoxy) is 1. The van der Waals surface area contributed by atoms with Crippen LogP contribution in [0.15, 0.2) is 30.6 Å². The zero-order chi connectivity index (χ0) is 16.6. The van der Waals surface area contributed by atoms with Crippen LogP contribution in [0.5, 0.6) is 5.75 Å². The van der Waals surface area contributed by atoms with Crippen LogP contribution in [0.4, 0.5) is 5.82 Å². The summed E-state index contributed by atoms with van der Waals surface area (Å²) in [5.74, 6) is 1.11. The lowest BCUT2D eigenvalue weighted by atomic mass is 9.86. The fourth-order valence-electron chi connectivity index (χ4n) is 2.60. The molecule has 23 heavy (non-hydrogen) atoms. The molecule has 0 saturated carbocycles. The Kier molecular flexibility index (Phi) is 3.84. The van der Waals surface area contributed by atoms with E-state index in [1.807, 2.05) is 0 Å². The highest BCUT2D eigenvalue weighted by Gasteiger charge is 2.43. The van der Waals surface area contributed by atoms with Crippen molar-refractivity contribution in [1.82, 2.24) is 9.97 Å². The fraction of sp³-hybridized carbons (Fsp3) is 0.312. The van der Waals surface area contributed by atoms with Crippen LogP contribution in [0.2, 0.25) is 5.15 Å². The molecule has 0 bridgehead atoms. The number of nitriles is 1. The van der Waals surface area contributed by atoms with Gasteiger partial charge in [0, 0.05) is 11.6 Å². The van der Waals surface area contributed by atoms with Gasteiger partial charge in [0.2, 0.25) is 0 Å². The van der Waals surface area contributed by atoms with E-state index in [4.69, 9.17) is 21.6 Å². The average molecular weight is 331 g/mol. The Morgan fingerprint density at radius 1 is 1.35 bits per heavy atom. The summed E-state index contributed by atoms with van der Waals surface area (Å²) in [7, 11) is 0. The van der Waals surface area contributed by atoms with Gasteiger partial charge >= 0.3 is 0 Å². The van der Waals surface area contributed by atoms with Gasteiger partial charge in [0.1, 0.15) is 34.8 Å². The molecule has 1 aliphatic rings. The molecular weight excluding hydrogens is 316 g/mol. The van der Waals surface area contributed by atoms with Gasteiger partial charge in [0.05, 0.1) is 17.7 Å². The summed E-state index contributed by atoms with van der Waals surface area (Å²) in [5.41, 5.74) is 0.396. The number of nitrogens with one attached hydrogen (secondary N) is 1. The van der Waals surface area contributed by atoms with Gasteiger partial charge in [-0.3, -0.25) is 0 Å². The minimum atomic E-state index is -0.849. The van der Waals surface area contributed by atoms with Crippen LogP contribution in [-0.4, -0.2) is 26.8 Å². The maximum atomic E-state index is 10.7. The first-order valence-electron chi connectivity index (χ1n) is 7.06. The highest BCUT2D eigenvalue weighted by Crippen LogP contribution is 2.41. The molecule has 2 unspecified atom stereocenters. The molecule has 0 fully saturated rings. The predicted molar refractivity (Wildman–Crippen MR) is 85.3 cm³/mol. The third-order valence-corrected chi connectivity index (χ3v) is 4.02. The maximum absolute atomic E-state index is 10.7. The van der Waals surface area contributed by atoms with Crippen LogP contribution in [-0.2, 0) is 0 Å². The number of aliphatic hydroxyl groups is 1. The number of aromatic nitrogens is 2. The van der Waals surface area contributed by atoms with E-state index in [9.17, 15) is 5.11 Å². The van der Waals surface area contributed by atoms with Crippen LogP contribution >= 0.6 is 11.6 Å². The van der Waals surface area contributed by atoms with Crippen molar-refractivity contribution in [2.24, 2.45) is 0 Å². The molecule has 1 aromatic carbocycles. The summed E-state index contributed by atoms with van der Waals surface area (Å²) in [6, 6.07) is 8.30. The minimum absolute atomic E-state index is 0.300. The third kappa shape index (κ3) is 2.93. The molecule has 0 saturated heterocycles. The second-order valence-corrected chi connectivity index (χ2v) is 6.25.